The number of aliphatic hydroxyl groups excluding tert-OH is 1. The van der Waals surface area contributed by atoms with E-state index in [1.54, 1.807) is 7.05 Å². The van der Waals surface area contributed by atoms with Gasteiger partial charge in [0.25, 0.3) is 6.43 Å². The molecule has 2 N–H and O–H groups in total. The molecule has 0 aromatic heterocycles. The first-order valence-electron chi connectivity index (χ1n) is 4.46. The van der Waals surface area contributed by atoms with E-state index in [9.17, 15) is 13.9 Å². The van der Waals surface area contributed by atoms with Gasteiger partial charge in [0.15, 0.2) is 0 Å². The van der Waals surface area contributed by atoms with Gasteiger partial charge in [0.05, 0.1) is 6.10 Å². The topological polar surface area (TPSA) is 32.3 Å². The second kappa shape index (κ2) is 5.39. The number of hydrogen-bond donors (Lipinski definition) is 2. The molecule has 0 saturated carbocycles. The van der Waals surface area contributed by atoms with Crippen LogP contribution in [0, 0.1) is 0 Å². The molecule has 0 radical (unpaired) electrons. The van der Waals surface area contributed by atoms with Gasteiger partial charge in [0, 0.05) is 22.7 Å². The number of aliphatic hydroxyl groups is 1. The number of halogens is 3. The lowest BCUT2D eigenvalue weighted by atomic mass is 10.1. The quantitative estimate of drug-likeness (QED) is 0.841. The van der Waals surface area contributed by atoms with E-state index in [0.717, 1.165) is 0 Å². The molecule has 0 aliphatic rings. The summed E-state index contributed by atoms with van der Waals surface area (Å²) in [4.78, 5) is 0. The highest BCUT2D eigenvalue weighted by atomic mass is 35.5. The van der Waals surface area contributed by atoms with Crippen LogP contribution in [-0.4, -0.2) is 18.7 Å². The molecule has 0 heterocycles. The van der Waals surface area contributed by atoms with Crippen LogP contribution in [0.4, 0.5) is 8.78 Å². The van der Waals surface area contributed by atoms with Crippen LogP contribution >= 0.6 is 11.6 Å². The Morgan fingerprint density at radius 3 is 2.67 bits per heavy atom. The summed E-state index contributed by atoms with van der Waals surface area (Å²) in [5, 5.41) is 12.7. The Balaban J connectivity index is 2.99. The van der Waals surface area contributed by atoms with Crippen molar-refractivity contribution in [2.75, 3.05) is 13.6 Å². The Kier molecular flexibility index (Phi) is 4.45. The molecule has 5 heteroatoms. The Labute approximate surface area is 91.9 Å². The number of benzene rings is 1. The van der Waals surface area contributed by atoms with E-state index in [2.05, 4.69) is 5.32 Å². The van der Waals surface area contributed by atoms with Crippen molar-refractivity contribution in [3.8, 4) is 0 Å². The van der Waals surface area contributed by atoms with E-state index in [4.69, 9.17) is 11.6 Å². The lowest BCUT2D eigenvalue weighted by Crippen LogP contribution is -2.17. The molecule has 0 aliphatic heterocycles. The molecule has 1 rings (SSSR count). The maximum atomic E-state index is 12.4. The van der Waals surface area contributed by atoms with Crippen molar-refractivity contribution in [3.63, 3.8) is 0 Å². The van der Waals surface area contributed by atoms with Crippen molar-refractivity contribution in [3.05, 3.63) is 34.3 Å². The Bertz CT molecular complexity index is 333. The molecule has 0 spiro atoms. The molecule has 0 amide bonds. The summed E-state index contributed by atoms with van der Waals surface area (Å²) in [6.07, 6.45) is -3.43. The van der Waals surface area contributed by atoms with E-state index in [0.29, 0.717) is 10.6 Å². The highest BCUT2D eigenvalue weighted by Crippen LogP contribution is 2.28. The summed E-state index contributed by atoms with van der Waals surface area (Å²) in [6.45, 7) is 0.270. The molecule has 15 heavy (non-hydrogen) atoms. The average molecular weight is 236 g/mol. The van der Waals surface area contributed by atoms with Gasteiger partial charge in [-0.2, -0.15) is 0 Å². The third kappa shape index (κ3) is 3.12. The summed E-state index contributed by atoms with van der Waals surface area (Å²) in [6, 6.07) is 3.86. The summed E-state index contributed by atoms with van der Waals surface area (Å²) < 4.78 is 24.8. The molecule has 0 bridgehead atoms. The molecule has 1 aromatic carbocycles. The zero-order valence-corrected chi connectivity index (χ0v) is 8.93. The van der Waals surface area contributed by atoms with Gasteiger partial charge in [0.2, 0.25) is 0 Å². The summed E-state index contributed by atoms with van der Waals surface area (Å²) in [5.41, 5.74) is 0.188. The predicted molar refractivity (Wildman–Crippen MR) is 55.3 cm³/mol. The van der Waals surface area contributed by atoms with Gasteiger partial charge < -0.3 is 10.4 Å². The molecule has 2 nitrogen and oxygen atoms in total. The van der Waals surface area contributed by atoms with Gasteiger partial charge in [-0.1, -0.05) is 17.7 Å². The first-order valence-corrected chi connectivity index (χ1v) is 4.84. The number of likely N-dealkylation sites (N-methyl/N-ethyl adjacent to an activating group) is 1. The zero-order valence-electron chi connectivity index (χ0n) is 8.17. The van der Waals surface area contributed by atoms with Gasteiger partial charge in [-0.3, -0.25) is 0 Å². The minimum absolute atomic E-state index is 0.135. The van der Waals surface area contributed by atoms with Crippen LogP contribution in [-0.2, 0) is 0 Å². The van der Waals surface area contributed by atoms with Crippen molar-refractivity contribution < 1.29 is 13.9 Å². The van der Waals surface area contributed by atoms with Crippen molar-refractivity contribution in [1.29, 1.82) is 0 Å². The molecule has 1 atom stereocenters. The molecule has 84 valence electrons. The van der Waals surface area contributed by atoms with Gasteiger partial charge >= 0.3 is 0 Å². The summed E-state index contributed by atoms with van der Waals surface area (Å²) in [7, 11) is 1.66. The third-order valence-corrected chi connectivity index (χ3v) is 2.37. The predicted octanol–water partition coefficient (Wildman–Crippen LogP) is 2.53. The Hall–Kier alpha value is -0.710. The van der Waals surface area contributed by atoms with E-state index >= 15 is 0 Å². The van der Waals surface area contributed by atoms with E-state index in [-0.39, 0.29) is 12.1 Å². The van der Waals surface area contributed by atoms with Crippen LogP contribution < -0.4 is 5.32 Å². The van der Waals surface area contributed by atoms with E-state index in [1.165, 1.54) is 18.2 Å². The monoisotopic (exact) mass is 235 g/mol. The molecule has 1 unspecified atom stereocenters. The van der Waals surface area contributed by atoms with Gasteiger partial charge in [0.1, 0.15) is 0 Å². The number of rotatable bonds is 4. The van der Waals surface area contributed by atoms with Gasteiger partial charge in [-0.15, -0.1) is 0 Å². The number of nitrogens with one attached hydrogen (secondary N) is 1. The fourth-order valence-electron chi connectivity index (χ4n) is 1.26. The SMILES string of the molecule is CNCC(O)c1cc(C(F)F)ccc1Cl. The lowest BCUT2D eigenvalue weighted by Gasteiger charge is -2.13. The standard InChI is InChI=1S/C10H12ClF2NO/c1-14-5-9(15)7-4-6(10(12)13)2-3-8(7)11/h2-4,9-10,14-15H,5H2,1H3. The lowest BCUT2D eigenvalue weighted by molar-refractivity contribution is 0.149. The fourth-order valence-corrected chi connectivity index (χ4v) is 1.50. The maximum Gasteiger partial charge on any atom is 0.263 e. The third-order valence-electron chi connectivity index (χ3n) is 2.03. The largest absolute Gasteiger partial charge is 0.387 e. The maximum absolute atomic E-state index is 12.4. The molecular formula is C10H12ClF2NO. The second-order valence-electron chi connectivity index (χ2n) is 3.16. The summed E-state index contributed by atoms with van der Waals surface area (Å²) in [5.74, 6) is 0. The van der Waals surface area contributed by atoms with Crippen molar-refractivity contribution in [1.82, 2.24) is 5.32 Å². The van der Waals surface area contributed by atoms with Crippen LogP contribution in [0.15, 0.2) is 18.2 Å². The molecule has 1 aromatic rings. The Morgan fingerprint density at radius 1 is 1.47 bits per heavy atom. The smallest absolute Gasteiger partial charge is 0.263 e. The molecule has 0 fully saturated rings. The molecule has 0 saturated heterocycles. The zero-order chi connectivity index (χ0) is 11.4. The van der Waals surface area contributed by atoms with Crippen LogP contribution in [0.5, 0.6) is 0 Å². The van der Waals surface area contributed by atoms with Crippen molar-refractivity contribution in [2.24, 2.45) is 0 Å². The minimum atomic E-state index is -2.55. The molecule has 0 aliphatic carbocycles. The highest BCUT2D eigenvalue weighted by Gasteiger charge is 2.14. The first kappa shape index (κ1) is 12.4. The van der Waals surface area contributed by atoms with Crippen molar-refractivity contribution in [2.45, 2.75) is 12.5 Å². The van der Waals surface area contributed by atoms with Gasteiger partial charge in [-0.25, -0.2) is 8.78 Å². The molecular weight excluding hydrogens is 224 g/mol. The van der Waals surface area contributed by atoms with Gasteiger partial charge in [-0.05, 0) is 19.2 Å². The van der Waals surface area contributed by atoms with Crippen molar-refractivity contribution >= 4 is 11.6 Å². The minimum Gasteiger partial charge on any atom is -0.387 e. The average Bonchev–Trinajstić information content (AvgIpc) is 2.18. The van der Waals surface area contributed by atoms with Crippen LogP contribution in [0.2, 0.25) is 5.02 Å². The first-order chi connectivity index (χ1) is 7.06. The number of hydrogen-bond acceptors (Lipinski definition) is 2. The van der Waals surface area contributed by atoms with E-state index in [1.807, 2.05) is 0 Å². The Morgan fingerprint density at radius 2 is 2.13 bits per heavy atom. The van der Waals surface area contributed by atoms with Crippen LogP contribution in [0.25, 0.3) is 0 Å². The van der Waals surface area contributed by atoms with Crippen LogP contribution in [0.3, 0.4) is 0 Å². The fraction of sp³-hybridized carbons (Fsp3) is 0.400. The number of alkyl halides is 2. The summed E-state index contributed by atoms with van der Waals surface area (Å²) >= 11 is 5.80. The normalized spacial score (nSPS) is 13.2. The van der Waals surface area contributed by atoms with E-state index < -0.39 is 12.5 Å². The van der Waals surface area contributed by atoms with Crippen LogP contribution in [0.1, 0.15) is 23.7 Å². The highest BCUT2D eigenvalue weighted by molar-refractivity contribution is 6.31. The second-order valence-corrected chi connectivity index (χ2v) is 3.56.